The number of rotatable bonds is 3. The molecule has 2 atom stereocenters. The predicted octanol–water partition coefficient (Wildman–Crippen LogP) is 2.98. The van der Waals surface area contributed by atoms with Crippen molar-refractivity contribution in [2.75, 3.05) is 31.1 Å². The van der Waals surface area contributed by atoms with Crippen molar-refractivity contribution in [1.82, 2.24) is 10.2 Å². The van der Waals surface area contributed by atoms with E-state index in [1.54, 1.807) is 0 Å². The molecule has 0 radical (unpaired) electrons. The van der Waals surface area contributed by atoms with Crippen LogP contribution in [0.3, 0.4) is 0 Å². The zero-order valence-corrected chi connectivity index (χ0v) is 13.5. The Kier molecular flexibility index (Phi) is 4.45. The van der Waals surface area contributed by atoms with Gasteiger partial charge in [-0.3, -0.25) is 4.90 Å². The summed E-state index contributed by atoms with van der Waals surface area (Å²) in [5.41, 5.74) is 0.483. The molecule has 2 unspecified atom stereocenters. The van der Waals surface area contributed by atoms with E-state index in [0.29, 0.717) is 5.54 Å². The zero-order valence-electron chi connectivity index (χ0n) is 12.7. The summed E-state index contributed by atoms with van der Waals surface area (Å²) in [6, 6.07) is 0.761. The fraction of sp³-hybridized carbons (Fsp3) is 1.00. The highest BCUT2D eigenvalue weighted by Crippen LogP contribution is 2.35. The molecule has 2 nitrogen and oxygen atoms in total. The van der Waals surface area contributed by atoms with Gasteiger partial charge in [0, 0.05) is 31.2 Å². The largest absolute Gasteiger partial charge is 0.308 e. The first-order chi connectivity index (χ1) is 9.19. The van der Waals surface area contributed by atoms with Crippen molar-refractivity contribution in [3.05, 3.63) is 0 Å². The number of hydrogen-bond donors (Lipinski definition) is 1. The van der Waals surface area contributed by atoms with Gasteiger partial charge in [0.15, 0.2) is 0 Å². The molecule has 110 valence electrons. The zero-order chi connectivity index (χ0) is 13.3. The molecule has 19 heavy (non-hydrogen) atoms. The highest BCUT2D eigenvalue weighted by Gasteiger charge is 2.42. The second-order valence-corrected chi connectivity index (χ2v) is 8.49. The number of hydrogen-bond acceptors (Lipinski definition) is 3. The quantitative estimate of drug-likeness (QED) is 0.857. The summed E-state index contributed by atoms with van der Waals surface area (Å²) in [7, 11) is 0. The molecule has 2 heterocycles. The topological polar surface area (TPSA) is 15.3 Å². The van der Waals surface area contributed by atoms with Crippen LogP contribution >= 0.6 is 11.8 Å². The third-order valence-electron chi connectivity index (χ3n) is 5.51. The molecule has 1 saturated carbocycles. The minimum Gasteiger partial charge on any atom is -0.308 e. The van der Waals surface area contributed by atoms with Crippen LogP contribution in [0.2, 0.25) is 0 Å². The van der Waals surface area contributed by atoms with Crippen molar-refractivity contribution in [1.29, 1.82) is 0 Å². The maximum absolute atomic E-state index is 3.93. The Labute approximate surface area is 123 Å². The van der Waals surface area contributed by atoms with E-state index in [0.717, 1.165) is 17.9 Å². The summed E-state index contributed by atoms with van der Waals surface area (Å²) in [5.74, 6) is 4.54. The van der Waals surface area contributed by atoms with Crippen LogP contribution in [0.4, 0.5) is 0 Å². The fourth-order valence-corrected chi connectivity index (χ4v) is 5.59. The highest BCUT2D eigenvalue weighted by molar-refractivity contribution is 7.99. The lowest BCUT2D eigenvalue weighted by Gasteiger charge is -2.48. The second kappa shape index (κ2) is 5.95. The van der Waals surface area contributed by atoms with Crippen LogP contribution < -0.4 is 5.32 Å². The minimum absolute atomic E-state index is 0.483. The van der Waals surface area contributed by atoms with E-state index >= 15 is 0 Å². The molecule has 3 fully saturated rings. The summed E-state index contributed by atoms with van der Waals surface area (Å²) < 4.78 is 0. The second-order valence-electron chi connectivity index (χ2n) is 7.34. The lowest BCUT2D eigenvalue weighted by atomic mass is 9.88. The molecule has 0 aromatic rings. The van der Waals surface area contributed by atoms with E-state index < -0.39 is 0 Å². The van der Waals surface area contributed by atoms with E-state index in [1.165, 1.54) is 63.2 Å². The number of piperazine rings is 1. The van der Waals surface area contributed by atoms with E-state index in [2.05, 4.69) is 35.8 Å². The maximum Gasteiger partial charge on any atom is 0.0309 e. The van der Waals surface area contributed by atoms with Gasteiger partial charge in [-0.2, -0.15) is 11.8 Å². The van der Waals surface area contributed by atoms with Gasteiger partial charge in [0.1, 0.15) is 0 Å². The smallest absolute Gasteiger partial charge is 0.0309 e. The third-order valence-corrected chi connectivity index (χ3v) is 6.74. The van der Waals surface area contributed by atoms with E-state index in [4.69, 9.17) is 0 Å². The van der Waals surface area contributed by atoms with Gasteiger partial charge in [0.05, 0.1) is 0 Å². The van der Waals surface area contributed by atoms with Crippen molar-refractivity contribution >= 4 is 11.8 Å². The van der Waals surface area contributed by atoms with Crippen LogP contribution in [-0.4, -0.2) is 47.6 Å². The fourth-order valence-electron chi connectivity index (χ4n) is 4.32. The number of nitrogens with zero attached hydrogens (tertiary/aromatic N) is 1. The summed E-state index contributed by atoms with van der Waals surface area (Å²) in [6.07, 6.45) is 7.15. The first kappa shape index (κ1) is 14.2. The molecule has 2 aliphatic heterocycles. The van der Waals surface area contributed by atoms with Gasteiger partial charge in [-0.25, -0.2) is 0 Å². The Bertz CT molecular complexity index is 293. The predicted molar refractivity (Wildman–Crippen MR) is 84.8 cm³/mol. The number of nitrogens with one attached hydrogen (secondary N) is 1. The van der Waals surface area contributed by atoms with Crippen LogP contribution in [-0.2, 0) is 0 Å². The molecule has 3 rings (SSSR count). The van der Waals surface area contributed by atoms with Gasteiger partial charge < -0.3 is 5.32 Å². The summed E-state index contributed by atoms with van der Waals surface area (Å²) in [4.78, 5) is 2.86. The standard InChI is InChI=1S/C16H30N2S/c1-13(2)15-9-17-16(6-3-4-7-16)12-18(15)10-14-5-8-19-11-14/h13-15,17H,3-12H2,1-2H3. The van der Waals surface area contributed by atoms with Crippen molar-refractivity contribution < 1.29 is 0 Å². The van der Waals surface area contributed by atoms with Crippen LogP contribution in [0.5, 0.6) is 0 Å². The van der Waals surface area contributed by atoms with Crippen molar-refractivity contribution in [3.63, 3.8) is 0 Å². The average molecular weight is 282 g/mol. The van der Waals surface area contributed by atoms with Crippen LogP contribution in [0.25, 0.3) is 0 Å². The monoisotopic (exact) mass is 282 g/mol. The first-order valence-corrected chi connectivity index (χ1v) is 9.41. The highest BCUT2D eigenvalue weighted by atomic mass is 32.2. The van der Waals surface area contributed by atoms with Gasteiger partial charge >= 0.3 is 0 Å². The molecule has 3 heteroatoms. The number of thioether (sulfide) groups is 1. The van der Waals surface area contributed by atoms with Crippen molar-refractivity contribution in [2.24, 2.45) is 11.8 Å². The minimum atomic E-state index is 0.483. The van der Waals surface area contributed by atoms with Gasteiger partial charge in [-0.1, -0.05) is 26.7 Å². The van der Waals surface area contributed by atoms with Crippen LogP contribution in [0.1, 0.15) is 46.0 Å². The van der Waals surface area contributed by atoms with E-state index in [1.807, 2.05) is 0 Å². The SMILES string of the molecule is CC(C)C1CNC2(CCCC2)CN1CC1CCSC1. The Balaban J connectivity index is 1.66. The van der Waals surface area contributed by atoms with Gasteiger partial charge in [-0.15, -0.1) is 0 Å². The Morgan fingerprint density at radius 3 is 2.74 bits per heavy atom. The molecular formula is C16H30N2S. The first-order valence-electron chi connectivity index (χ1n) is 8.25. The summed E-state index contributed by atoms with van der Waals surface area (Å²) >= 11 is 2.16. The third kappa shape index (κ3) is 3.14. The average Bonchev–Trinajstić information content (AvgIpc) is 3.01. The van der Waals surface area contributed by atoms with E-state index in [-0.39, 0.29) is 0 Å². The van der Waals surface area contributed by atoms with Gasteiger partial charge in [-0.05, 0) is 42.6 Å². The molecule has 0 bridgehead atoms. The summed E-state index contributed by atoms with van der Waals surface area (Å²) in [5, 5.41) is 3.93. The molecule has 0 aromatic heterocycles. The summed E-state index contributed by atoms with van der Waals surface area (Å²) in [6.45, 7) is 8.69. The van der Waals surface area contributed by atoms with Crippen LogP contribution in [0, 0.1) is 11.8 Å². The Morgan fingerprint density at radius 1 is 1.32 bits per heavy atom. The molecular weight excluding hydrogens is 252 g/mol. The Morgan fingerprint density at radius 2 is 2.11 bits per heavy atom. The normalized spacial score (nSPS) is 35.5. The van der Waals surface area contributed by atoms with Gasteiger partial charge in [0.2, 0.25) is 0 Å². The van der Waals surface area contributed by atoms with Crippen molar-refractivity contribution in [2.45, 2.75) is 57.5 Å². The van der Waals surface area contributed by atoms with Crippen LogP contribution in [0.15, 0.2) is 0 Å². The van der Waals surface area contributed by atoms with E-state index in [9.17, 15) is 0 Å². The Hall–Kier alpha value is 0.270. The molecule has 3 aliphatic rings. The molecule has 1 aliphatic carbocycles. The van der Waals surface area contributed by atoms with Gasteiger partial charge in [0.25, 0.3) is 0 Å². The molecule has 1 N–H and O–H groups in total. The van der Waals surface area contributed by atoms with Crippen molar-refractivity contribution in [3.8, 4) is 0 Å². The molecule has 1 spiro atoms. The lowest BCUT2D eigenvalue weighted by Crippen LogP contribution is -2.64. The molecule has 2 saturated heterocycles. The molecule has 0 aromatic carbocycles. The lowest BCUT2D eigenvalue weighted by molar-refractivity contribution is 0.0469. The molecule has 0 amide bonds. The maximum atomic E-state index is 3.93.